The predicted molar refractivity (Wildman–Crippen MR) is 75.9 cm³/mol. The molecule has 0 spiro atoms. The van der Waals surface area contributed by atoms with Crippen molar-refractivity contribution in [2.24, 2.45) is 17.1 Å². The Bertz CT molecular complexity index is 401. The van der Waals surface area contributed by atoms with Gasteiger partial charge < -0.3 is 10.3 Å². The first-order chi connectivity index (χ1) is 8.93. The summed E-state index contributed by atoms with van der Waals surface area (Å²) >= 11 is 0. The summed E-state index contributed by atoms with van der Waals surface area (Å²) in [6, 6.07) is 0. The number of nitrogens with two attached hydrogens (primary N) is 1. The van der Waals surface area contributed by atoms with Crippen molar-refractivity contribution in [2.75, 3.05) is 6.54 Å². The molecule has 0 saturated heterocycles. The van der Waals surface area contributed by atoms with Gasteiger partial charge in [-0.15, -0.1) is 0 Å². The van der Waals surface area contributed by atoms with Crippen LogP contribution in [-0.2, 0) is 0 Å². The molecule has 1 unspecified atom stereocenters. The third kappa shape index (κ3) is 3.35. The molecule has 0 aromatic carbocycles. The van der Waals surface area contributed by atoms with Gasteiger partial charge in [-0.3, -0.25) is 0 Å². The highest BCUT2D eigenvalue weighted by Crippen LogP contribution is 2.41. The fraction of sp³-hybridized carbons (Fsp3) is 0.867. The van der Waals surface area contributed by atoms with Crippen molar-refractivity contribution < 1.29 is 4.52 Å². The number of hydrogen-bond acceptors (Lipinski definition) is 4. The third-order valence-corrected chi connectivity index (χ3v) is 4.54. The lowest BCUT2D eigenvalue weighted by Gasteiger charge is -2.32. The molecule has 4 heteroatoms. The highest BCUT2D eigenvalue weighted by atomic mass is 16.5. The van der Waals surface area contributed by atoms with Crippen LogP contribution in [0.15, 0.2) is 4.52 Å². The van der Waals surface area contributed by atoms with Crippen molar-refractivity contribution in [3.05, 3.63) is 11.7 Å². The van der Waals surface area contributed by atoms with Crippen LogP contribution in [0.1, 0.15) is 76.9 Å². The van der Waals surface area contributed by atoms with E-state index in [-0.39, 0.29) is 5.92 Å². The van der Waals surface area contributed by atoms with Crippen LogP contribution in [0.2, 0.25) is 0 Å². The summed E-state index contributed by atoms with van der Waals surface area (Å²) in [5.74, 6) is 2.70. The molecular formula is C15H27N3O. The van der Waals surface area contributed by atoms with Crippen molar-refractivity contribution in [3.8, 4) is 0 Å². The Morgan fingerprint density at radius 1 is 1.32 bits per heavy atom. The van der Waals surface area contributed by atoms with E-state index in [2.05, 4.69) is 37.8 Å². The Kier molecular flexibility index (Phi) is 4.29. The van der Waals surface area contributed by atoms with Gasteiger partial charge in [0, 0.05) is 12.5 Å². The molecule has 1 saturated carbocycles. The second kappa shape index (κ2) is 5.61. The summed E-state index contributed by atoms with van der Waals surface area (Å²) in [6.07, 6.45) is 4.82. The van der Waals surface area contributed by atoms with Crippen LogP contribution in [0.25, 0.3) is 0 Å². The number of aromatic nitrogens is 2. The molecule has 108 valence electrons. The van der Waals surface area contributed by atoms with Crippen LogP contribution < -0.4 is 5.73 Å². The number of nitrogens with zero attached hydrogens (tertiary/aromatic N) is 2. The molecular weight excluding hydrogens is 238 g/mol. The maximum absolute atomic E-state index is 5.80. The maximum atomic E-state index is 5.80. The van der Waals surface area contributed by atoms with Gasteiger partial charge in [-0.1, -0.05) is 32.9 Å². The quantitative estimate of drug-likeness (QED) is 0.905. The van der Waals surface area contributed by atoms with Gasteiger partial charge >= 0.3 is 0 Å². The molecule has 19 heavy (non-hydrogen) atoms. The summed E-state index contributed by atoms with van der Waals surface area (Å²) < 4.78 is 5.44. The second-order valence-corrected chi connectivity index (χ2v) is 7.02. The molecule has 1 aliphatic carbocycles. The Labute approximate surface area is 116 Å². The minimum absolute atomic E-state index is 0.182. The highest BCUT2D eigenvalue weighted by molar-refractivity contribution is 5.02. The number of hydrogen-bond donors (Lipinski definition) is 1. The van der Waals surface area contributed by atoms with Crippen LogP contribution in [-0.4, -0.2) is 16.7 Å². The van der Waals surface area contributed by atoms with Crippen molar-refractivity contribution in [1.29, 1.82) is 0 Å². The van der Waals surface area contributed by atoms with Crippen molar-refractivity contribution >= 4 is 0 Å². The van der Waals surface area contributed by atoms with Gasteiger partial charge in [-0.25, -0.2) is 0 Å². The van der Waals surface area contributed by atoms with Gasteiger partial charge in [-0.05, 0) is 37.0 Å². The summed E-state index contributed by atoms with van der Waals surface area (Å²) in [4.78, 5) is 4.62. The summed E-state index contributed by atoms with van der Waals surface area (Å²) in [5, 5.41) is 4.20. The third-order valence-electron chi connectivity index (χ3n) is 4.54. The van der Waals surface area contributed by atoms with E-state index in [1.807, 2.05) is 0 Å². The molecule has 2 N–H and O–H groups in total. The first kappa shape index (κ1) is 14.5. The summed E-state index contributed by atoms with van der Waals surface area (Å²) in [6.45, 7) is 9.54. The predicted octanol–water partition coefficient (Wildman–Crippen LogP) is 3.45. The van der Waals surface area contributed by atoms with E-state index in [9.17, 15) is 0 Å². The lowest BCUT2D eigenvalue weighted by molar-refractivity contribution is 0.218. The minimum atomic E-state index is 0.182. The average Bonchev–Trinajstić information content (AvgIpc) is 2.79. The fourth-order valence-corrected chi connectivity index (χ4v) is 2.88. The largest absolute Gasteiger partial charge is 0.339 e. The molecule has 1 atom stereocenters. The molecule has 0 bridgehead atoms. The van der Waals surface area contributed by atoms with Crippen LogP contribution >= 0.6 is 0 Å². The molecule has 1 fully saturated rings. The first-order valence-electron chi connectivity index (χ1n) is 7.46. The summed E-state index contributed by atoms with van der Waals surface area (Å²) in [5.41, 5.74) is 6.27. The second-order valence-electron chi connectivity index (χ2n) is 7.02. The molecule has 0 amide bonds. The summed E-state index contributed by atoms with van der Waals surface area (Å²) in [7, 11) is 0. The van der Waals surface area contributed by atoms with E-state index in [0.717, 1.165) is 11.7 Å². The van der Waals surface area contributed by atoms with Gasteiger partial charge in [-0.2, -0.15) is 4.98 Å². The van der Waals surface area contributed by atoms with Crippen LogP contribution in [0, 0.1) is 11.3 Å². The van der Waals surface area contributed by atoms with E-state index in [1.165, 1.54) is 25.7 Å². The molecule has 0 aliphatic heterocycles. The fourth-order valence-electron chi connectivity index (χ4n) is 2.88. The Hall–Kier alpha value is -0.900. The van der Waals surface area contributed by atoms with Crippen molar-refractivity contribution in [1.82, 2.24) is 10.1 Å². The Morgan fingerprint density at radius 3 is 2.47 bits per heavy atom. The maximum Gasteiger partial charge on any atom is 0.231 e. The molecule has 4 nitrogen and oxygen atoms in total. The number of rotatable bonds is 4. The van der Waals surface area contributed by atoms with Crippen LogP contribution in [0.5, 0.6) is 0 Å². The normalized spacial score (nSPS) is 21.8. The van der Waals surface area contributed by atoms with E-state index < -0.39 is 0 Å². The first-order valence-corrected chi connectivity index (χ1v) is 7.46. The monoisotopic (exact) mass is 265 g/mol. The zero-order chi connectivity index (χ0) is 14.0. The topological polar surface area (TPSA) is 64.9 Å². The molecule has 2 rings (SSSR count). The standard InChI is InChI=1S/C15H27N3O/c1-10(2)12(9-16)14-17-13(18-19-14)11-5-7-15(3,4)8-6-11/h10-12H,5-9,16H2,1-4H3. The smallest absolute Gasteiger partial charge is 0.231 e. The van der Waals surface area contributed by atoms with Gasteiger partial charge in [0.05, 0.1) is 5.92 Å². The molecule has 0 radical (unpaired) electrons. The minimum Gasteiger partial charge on any atom is -0.339 e. The molecule has 1 heterocycles. The average molecular weight is 265 g/mol. The Morgan fingerprint density at radius 2 is 1.95 bits per heavy atom. The molecule has 1 aromatic heterocycles. The lowest BCUT2D eigenvalue weighted by atomic mass is 9.73. The van der Waals surface area contributed by atoms with Gasteiger partial charge in [0.25, 0.3) is 0 Å². The zero-order valence-electron chi connectivity index (χ0n) is 12.6. The van der Waals surface area contributed by atoms with E-state index >= 15 is 0 Å². The van der Waals surface area contributed by atoms with Crippen LogP contribution in [0.3, 0.4) is 0 Å². The molecule has 1 aromatic rings. The Balaban J connectivity index is 2.05. The van der Waals surface area contributed by atoms with Gasteiger partial charge in [0.2, 0.25) is 5.89 Å². The highest BCUT2D eigenvalue weighted by Gasteiger charge is 2.31. The lowest BCUT2D eigenvalue weighted by Crippen LogP contribution is -2.21. The van der Waals surface area contributed by atoms with Crippen molar-refractivity contribution in [2.45, 2.75) is 65.2 Å². The van der Waals surface area contributed by atoms with E-state index in [1.54, 1.807) is 0 Å². The van der Waals surface area contributed by atoms with E-state index in [4.69, 9.17) is 10.3 Å². The van der Waals surface area contributed by atoms with Gasteiger partial charge in [0.15, 0.2) is 5.82 Å². The van der Waals surface area contributed by atoms with E-state index in [0.29, 0.717) is 23.8 Å². The molecule has 1 aliphatic rings. The van der Waals surface area contributed by atoms with Crippen molar-refractivity contribution in [3.63, 3.8) is 0 Å². The van der Waals surface area contributed by atoms with Crippen LogP contribution in [0.4, 0.5) is 0 Å². The van der Waals surface area contributed by atoms with Gasteiger partial charge in [0.1, 0.15) is 0 Å². The SMILES string of the molecule is CC(C)C(CN)c1nc(C2CCC(C)(C)CC2)no1. The zero-order valence-corrected chi connectivity index (χ0v) is 12.6.